The molecule has 0 N–H and O–H groups in total. The van der Waals surface area contributed by atoms with Crippen molar-refractivity contribution in [3.05, 3.63) is 193 Å². The zero-order valence-electron chi connectivity index (χ0n) is 29.8. The zero-order chi connectivity index (χ0) is 35.0. The molecule has 3 aliphatic heterocycles. The van der Waals surface area contributed by atoms with Gasteiger partial charge in [-0.3, -0.25) is 0 Å². The van der Waals surface area contributed by atoms with E-state index in [-0.39, 0.29) is 24.1 Å². The Kier molecular flexibility index (Phi) is 6.98. The van der Waals surface area contributed by atoms with Crippen molar-refractivity contribution in [2.45, 2.75) is 32.2 Å². The first-order valence-electron chi connectivity index (χ1n) is 18.5. The van der Waals surface area contributed by atoms with Gasteiger partial charge in [-0.05, 0) is 94.2 Å². The second kappa shape index (κ2) is 11.8. The molecule has 3 nitrogen and oxygen atoms in total. The summed E-state index contributed by atoms with van der Waals surface area (Å²) in [5.74, 6) is 0.281. The van der Waals surface area contributed by atoms with Gasteiger partial charge in [0.1, 0.15) is 0 Å². The molecule has 1 aliphatic carbocycles. The van der Waals surface area contributed by atoms with E-state index in [9.17, 15) is 0 Å². The van der Waals surface area contributed by atoms with E-state index in [2.05, 4.69) is 211 Å². The van der Waals surface area contributed by atoms with Crippen LogP contribution in [0.4, 0.5) is 39.8 Å². The lowest BCUT2D eigenvalue weighted by Gasteiger charge is -2.39. The maximum Gasteiger partial charge on any atom is 0.246 e. The van der Waals surface area contributed by atoms with Gasteiger partial charge in [0.05, 0.1) is 6.04 Å². The number of para-hydroxylation sites is 3. The highest BCUT2D eigenvalue weighted by molar-refractivity contribution is 6.96. The highest BCUT2D eigenvalue weighted by Crippen LogP contribution is 2.52. The fourth-order valence-corrected chi connectivity index (χ4v) is 9.05. The molecule has 0 saturated heterocycles. The van der Waals surface area contributed by atoms with Crippen molar-refractivity contribution in [1.82, 2.24) is 0 Å². The second-order valence-electron chi connectivity index (χ2n) is 15.3. The molecule has 2 unspecified atom stereocenters. The van der Waals surface area contributed by atoms with E-state index in [0.29, 0.717) is 0 Å². The lowest BCUT2D eigenvalue weighted by Crippen LogP contribution is -2.52. The van der Waals surface area contributed by atoms with Gasteiger partial charge >= 0.3 is 0 Å². The molecule has 52 heavy (non-hydrogen) atoms. The third kappa shape index (κ3) is 4.67. The Morgan fingerprint density at radius 2 is 1.21 bits per heavy atom. The second-order valence-corrected chi connectivity index (χ2v) is 15.3. The van der Waals surface area contributed by atoms with Crippen LogP contribution in [0.5, 0.6) is 0 Å². The Bertz CT molecular complexity index is 2410. The van der Waals surface area contributed by atoms with Gasteiger partial charge in [-0.25, -0.2) is 0 Å². The first-order valence-corrected chi connectivity index (χ1v) is 18.5. The third-order valence-corrected chi connectivity index (χ3v) is 11.3. The molecule has 0 aromatic heterocycles. The lowest BCUT2D eigenvalue weighted by atomic mass is 9.34. The molecular weight excluding hydrogens is 629 g/mol. The molecule has 0 fully saturated rings. The molecule has 0 radical (unpaired) electrons. The molecule has 4 heteroatoms. The molecule has 4 aliphatic rings. The molecule has 0 spiro atoms. The normalized spacial score (nSPS) is 17.9. The summed E-state index contributed by atoms with van der Waals surface area (Å²) in [6, 6.07) is 56.1. The summed E-state index contributed by atoms with van der Waals surface area (Å²) in [6.07, 6.45) is 9.30. The summed E-state index contributed by atoms with van der Waals surface area (Å²) in [4.78, 5) is 7.51. The minimum absolute atomic E-state index is 0.0812. The van der Waals surface area contributed by atoms with E-state index >= 15 is 0 Å². The van der Waals surface area contributed by atoms with Crippen LogP contribution < -0.4 is 25.6 Å². The van der Waals surface area contributed by atoms with Crippen molar-refractivity contribution in [3.63, 3.8) is 0 Å². The fraction of sp³-hybridized carbons (Fsp3) is 0.125. The largest absolute Gasteiger partial charge is 0.334 e. The predicted octanol–water partition coefficient (Wildman–Crippen LogP) is 10.7. The SMILES string of the molecule is CC(C)(C)c1ccc(N(c2ccccc2)c2ccc3c(c2)N(c2ccccc2)c2cccc4c2B3C2=C4N(c3ccccc3)C3C=CC=CC23)cc1. The number of anilines is 7. The first kappa shape index (κ1) is 30.8. The van der Waals surface area contributed by atoms with Crippen LogP contribution >= 0.6 is 0 Å². The molecular formula is C48H40BN3. The van der Waals surface area contributed by atoms with Gasteiger partial charge in [0.15, 0.2) is 0 Å². The summed E-state index contributed by atoms with van der Waals surface area (Å²) < 4.78 is 0. The first-order chi connectivity index (χ1) is 25.5. The number of rotatable bonds is 5. The number of benzene rings is 6. The zero-order valence-corrected chi connectivity index (χ0v) is 29.8. The summed E-state index contributed by atoms with van der Waals surface area (Å²) in [5, 5.41) is 0. The summed E-state index contributed by atoms with van der Waals surface area (Å²) in [6.45, 7) is 6.98. The summed E-state index contributed by atoms with van der Waals surface area (Å²) in [5.41, 5.74) is 16.7. The fourth-order valence-electron chi connectivity index (χ4n) is 9.05. The number of allylic oxidation sites excluding steroid dienone is 2. The number of hydrogen-bond donors (Lipinski definition) is 0. The maximum atomic E-state index is 2.60. The van der Waals surface area contributed by atoms with Gasteiger partial charge in [0, 0.05) is 51.4 Å². The summed E-state index contributed by atoms with van der Waals surface area (Å²) >= 11 is 0. The third-order valence-electron chi connectivity index (χ3n) is 11.3. The van der Waals surface area contributed by atoms with Crippen LogP contribution in [0.25, 0.3) is 5.70 Å². The number of fused-ring (bicyclic) bond motifs is 6. The molecule has 6 aromatic rings. The molecule has 250 valence electrons. The molecule has 0 amide bonds. The van der Waals surface area contributed by atoms with Crippen LogP contribution in [0.15, 0.2) is 181 Å². The van der Waals surface area contributed by atoms with E-state index in [4.69, 9.17) is 0 Å². The van der Waals surface area contributed by atoms with Crippen molar-refractivity contribution >= 4 is 63.1 Å². The van der Waals surface area contributed by atoms with Crippen LogP contribution in [0.1, 0.15) is 31.9 Å². The number of hydrogen-bond acceptors (Lipinski definition) is 3. The maximum absolute atomic E-state index is 2.60. The van der Waals surface area contributed by atoms with Crippen LogP contribution in [0.2, 0.25) is 0 Å². The summed E-state index contributed by atoms with van der Waals surface area (Å²) in [7, 11) is 0. The Morgan fingerprint density at radius 1 is 0.577 bits per heavy atom. The van der Waals surface area contributed by atoms with Crippen molar-refractivity contribution in [1.29, 1.82) is 0 Å². The van der Waals surface area contributed by atoms with E-state index in [1.54, 1.807) is 0 Å². The molecule has 10 rings (SSSR count). The monoisotopic (exact) mass is 669 g/mol. The van der Waals surface area contributed by atoms with Gasteiger partial charge < -0.3 is 14.7 Å². The molecule has 0 bridgehead atoms. The highest BCUT2D eigenvalue weighted by atomic mass is 15.2. The Hall–Kier alpha value is -6.00. The number of nitrogens with zero attached hydrogens (tertiary/aromatic N) is 3. The van der Waals surface area contributed by atoms with E-state index in [1.165, 1.54) is 56.0 Å². The van der Waals surface area contributed by atoms with Crippen LogP contribution in [0.3, 0.4) is 0 Å². The van der Waals surface area contributed by atoms with Gasteiger partial charge in [-0.1, -0.05) is 135 Å². The topological polar surface area (TPSA) is 9.72 Å². The molecule has 3 heterocycles. The Labute approximate surface area is 307 Å². The quantitative estimate of drug-likeness (QED) is 0.169. The van der Waals surface area contributed by atoms with Gasteiger partial charge in [0.25, 0.3) is 0 Å². The highest BCUT2D eigenvalue weighted by Gasteiger charge is 2.53. The van der Waals surface area contributed by atoms with Crippen LogP contribution in [0, 0.1) is 5.92 Å². The minimum atomic E-state index is 0.0812. The van der Waals surface area contributed by atoms with Gasteiger partial charge in [-0.2, -0.15) is 0 Å². The smallest absolute Gasteiger partial charge is 0.246 e. The van der Waals surface area contributed by atoms with E-state index in [0.717, 1.165) is 17.1 Å². The van der Waals surface area contributed by atoms with Crippen LogP contribution in [-0.4, -0.2) is 12.8 Å². The van der Waals surface area contributed by atoms with E-state index < -0.39 is 0 Å². The standard InChI is InChI=1S/C48H40BN3/c1-48(2,3)33-26-28-37(29-27-33)50(34-16-7-4-8-17-34)38-30-31-41-44(32-38)51(35-18-9-5-10-19-35)43-25-15-23-40-45(43)49(41)46-39-22-13-14-24-42(39)52(47(40)46)36-20-11-6-12-21-36/h4-32,39,42H,1-3H3. The van der Waals surface area contributed by atoms with Crippen molar-refractivity contribution < 1.29 is 0 Å². The van der Waals surface area contributed by atoms with Gasteiger partial charge in [-0.15, -0.1) is 0 Å². The average molecular weight is 670 g/mol. The lowest BCUT2D eigenvalue weighted by molar-refractivity contribution is 0.590. The van der Waals surface area contributed by atoms with Crippen molar-refractivity contribution in [2.75, 3.05) is 14.7 Å². The molecule has 0 saturated carbocycles. The Balaban J connectivity index is 1.20. The van der Waals surface area contributed by atoms with Crippen LogP contribution in [-0.2, 0) is 5.41 Å². The van der Waals surface area contributed by atoms with Crippen molar-refractivity contribution in [2.24, 2.45) is 5.92 Å². The minimum Gasteiger partial charge on any atom is -0.334 e. The van der Waals surface area contributed by atoms with Crippen molar-refractivity contribution in [3.8, 4) is 0 Å². The van der Waals surface area contributed by atoms with E-state index in [1.807, 2.05) is 0 Å². The average Bonchev–Trinajstić information content (AvgIpc) is 3.70. The predicted molar refractivity (Wildman–Crippen MR) is 221 cm³/mol. The Morgan fingerprint density at radius 3 is 1.92 bits per heavy atom. The molecule has 6 aromatic carbocycles. The van der Waals surface area contributed by atoms with Gasteiger partial charge in [0.2, 0.25) is 6.71 Å². The molecule has 2 atom stereocenters.